The molecule has 0 fully saturated rings. The molecule has 0 spiro atoms. The molecule has 0 atom stereocenters. The quantitative estimate of drug-likeness (QED) is 0.305. The topological polar surface area (TPSA) is 53.4 Å². The maximum Gasteiger partial charge on any atom is 0.162 e. The van der Waals surface area contributed by atoms with E-state index >= 15 is 0 Å². The number of para-hydroxylation sites is 1. The minimum Gasteiger partial charge on any atom is -0.372 e. The molecule has 4 rings (SSSR count). The maximum absolute atomic E-state index is 4.78. The van der Waals surface area contributed by atoms with Crippen molar-refractivity contribution in [1.29, 1.82) is 0 Å². The number of anilines is 2. The van der Waals surface area contributed by atoms with E-state index in [0.29, 0.717) is 11.6 Å². The highest BCUT2D eigenvalue weighted by Crippen LogP contribution is 2.26. The van der Waals surface area contributed by atoms with Crippen LogP contribution in [0.2, 0.25) is 0 Å². The predicted octanol–water partition coefficient (Wildman–Crippen LogP) is 5.90. The van der Waals surface area contributed by atoms with E-state index in [4.69, 9.17) is 9.97 Å². The zero-order valence-electron chi connectivity index (χ0n) is 18.2. The molecular weight excluding hydrogens is 382 g/mol. The lowest BCUT2D eigenvalue weighted by Crippen LogP contribution is -2.21. The number of hydrogen-bond donors (Lipinski definition) is 1. The van der Waals surface area contributed by atoms with Gasteiger partial charge >= 0.3 is 0 Å². The fourth-order valence-electron chi connectivity index (χ4n) is 3.63. The van der Waals surface area contributed by atoms with Gasteiger partial charge in [0.1, 0.15) is 0 Å². The summed E-state index contributed by atoms with van der Waals surface area (Å²) in [5.41, 5.74) is 8.43. The van der Waals surface area contributed by atoms with Crippen molar-refractivity contribution in [3.8, 4) is 11.4 Å². The second kappa shape index (κ2) is 9.39. The van der Waals surface area contributed by atoms with E-state index in [9.17, 15) is 0 Å². The Balaban J connectivity index is 1.61. The Morgan fingerprint density at radius 3 is 2.32 bits per heavy atom. The molecule has 0 amide bonds. The first-order valence-electron chi connectivity index (χ1n) is 10.7. The van der Waals surface area contributed by atoms with E-state index in [1.54, 1.807) is 0 Å². The van der Waals surface area contributed by atoms with Crippen LogP contribution in [0.4, 0.5) is 11.5 Å². The number of aryl methyl sites for hydroxylation is 1. The van der Waals surface area contributed by atoms with E-state index in [1.807, 2.05) is 48.7 Å². The van der Waals surface area contributed by atoms with Crippen LogP contribution >= 0.6 is 0 Å². The number of nitrogens with zero attached hydrogens (tertiary/aromatic N) is 4. The SMILES string of the molecule is CCN(CC)c1ccc(/C=N\Nc2nc(-c3ccccc3C)nc3ccccc23)cc1. The number of nitrogens with one attached hydrogen (secondary N) is 1. The first-order chi connectivity index (χ1) is 15.2. The first-order valence-corrected chi connectivity index (χ1v) is 10.7. The van der Waals surface area contributed by atoms with Gasteiger partial charge in [0, 0.05) is 29.7 Å². The molecule has 1 aromatic heterocycles. The number of fused-ring (bicyclic) bond motifs is 1. The summed E-state index contributed by atoms with van der Waals surface area (Å²) in [6.07, 6.45) is 1.82. The molecule has 1 heterocycles. The summed E-state index contributed by atoms with van der Waals surface area (Å²) >= 11 is 0. The Morgan fingerprint density at radius 1 is 0.871 bits per heavy atom. The molecule has 1 N–H and O–H groups in total. The molecule has 5 nitrogen and oxygen atoms in total. The van der Waals surface area contributed by atoms with Crippen molar-refractivity contribution in [3.05, 3.63) is 83.9 Å². The second-order valence-corrected chi connectivity index (χ2v) is 7.36. The van der Waals surface area contributed by atoms with E-state index in [0.717, 1.165) is 40.7 Å². The van der Waals surface area contributed by atoms with Crippen LogP contribution in [0.25, 0.3) is 22.3 Å². The van der Waals surface area contributed by atoms with E-state index < -0.39 is 0 Å². The summed E-state index contributed by atoms with van der Waals surface area (Å²) in [5.74, 6) is 1.39. The zero-order chi connectivity index (χ0) is 21.6. The van der Waals surface area contributed by atoms with Crippen molar-refractivity contribution in [2.24, 2.45) is 5.10 Å². The largest absolute Gasteiger partial charge is 0.372 e. The molecule has 5 heteroatoms. The van der Waals surface area contributed by atoms with Crippen molar-refractivity contribution in [1.82, 2.24) is 9.97 Å². The molecular formula is C26H27N5. The molecule has 0 saturated carbocycles. The van der Waals surface area contributed by atoms with E-state index in [-0.39, 0.29) is 0 Å². The van der Waals surface area contributed by atoms with Crippen LogP contribution in [0.15, 0.2) is 77.9 Å². The zero-order valence-corrected chi connectivity index (χ0v) is 18.2. The Hall–Kier alpha value is -3.73. The van der Waals surface area contributed by atoms with Crippen LogP contribution in [-0.4, -0.2) is 29.3 Å². The highest BCUT2D eigenvalue weighted by Gasteiger charge is 2.10. The highest BCUT2D eigenvalue weighted by atomic mass is 15.3. The number of rotatable bonds is 7. The van der Waals surface area contributed by atoms with Gasteiger partial charge in [-0.3, -0.25) is 5.43 Å². The molecule has 31 heavy (non-hydrogen) atoms. The summed E-state index contributed by atoms with van der Waals surface area (Å²) in [5, 5.41) is 5.39. The van der Waals surface area contributed by atoms with Gasteiger partial charge in [0.25, 0.3) is 0 Å². The van der Waals surface area contributed by atoms with Crippen molar-refractivity contribution in [2.75, 3.05) is 23.4 Å². The van der Waals surface area contributed by atoms with Crippen LogP contribution in [0.5, 0.6) is 0 Å². The smallest absolute Gasteiger partial charge is 0.162 e. The van der Waals surface area contributed by atoms with Crippen molar-refractivity contribution >= 4 is 28.6 Å². The lowest BCUT2D eigenvalue weighted by Gasteiger charge is -2.20. The second-order valence-electron chi connectivity index (χ2n) is 7.36. The molecule has 0 bridgehead atoms. The minimum atomic E-state index is 0.693. The van der Waals surface area contributed by atoms with E-state index in [1.165, 1.54) is 5.69 Å². The summed E-state index contributed by atoms with van der Waals surface area (Å²) in [4.78, 5) is 11.9. The fourth-order valence-corrected chi connectivity index (χ4v) is 3.63. The third-order valence-corrected chi connectivity index (χ3v) is 5.39. The first kappa shape index (κ1) is 20.5. The maximum atomic E-state index is 4.78. The monoisotopic (exact) mass is 409 g/mol. The molecule has 156 valence electrons. The van der Waals surface area contributed by atoms with Crippen molar-refractivity contribution < 1.29 is 0 Å². The van der Waals surface area contributed by atoms with Gasteiger partial charge in [-0.2, -0.15) is 5.10 Å². The molecule has 0 radical (unpaired) electrons. The van der Waals surface area contributed by atoms with Crippen LogP contribution in [-0.2, 0) is 0 Å². The molecule has 4 aromatic rings. The lowest BCUT2D eigenvalue weighted by atomic mass is 10.1. The highest BCUT2D eigenvalue weighted by molar-refractivity contribution is 5.91. The number of benzene rings is 3. The van der Waals surface area contributed by atoms with Gasteiger partial charge in [0.2, 0.25) is 0 Å². The number of hydrazone groups is 1. The number of aromatic nitrogens is 2. The Bertz CT molecular complexity index is 1190. The lowest BCUT2D eigenvalue weighted by molar-refractivity contribution is 0.866. The standard InChI is InChI=1S/C26H27N5/c1-4-31(5-2)21-16-14-20(15-17-21)18-27-30-26-23-12-8-9-13-24(23)28-25(29-26)22-11-7-6-10-19(22)3/h6-18H,4-5H2,1-3H3,(H,28,29,30)/b27-18-. The third-order valence-electron chi connectivity index (χ3n) is 5.39. The van der Waals surface area contributed by atoms with Crippen LogP contribution in [0.3, 0.4) is 0 Å². The summed E-state index contributed by atoms with van der Waals surface area (Å²) in [6, 6.07) is 24.5. The third kappa shape index (κ3) is 4.56. The fraction of sp³-hybridized carbons (Fsp3) is 0.192. The summed E-state index contributed by atoms with van der Waals surface area (Å²) < 4.78 is 0. The normalized spacial score (nSPS) is 11.2. The Morgan fingerprint density at radius 2 is 1.58 bits per heavy atom. The number of hydrogen-bond acceptors (Lipinski definition) is 5. The van der Waals surface area contributed by atoms with Gasteiger partial charge in [-0.1, -0.05) is 48.5 Å². The van der Waals surface area contributed by atoms with Gasteiger partial charge in [-0.25, -0.2) is 9.97 Å². The minimum absolute atomic E-state index is 0.693. The van der Waals surface area contributed by atoms with Gasteiger partial charge in [-0.05, 0) is 56.2 Å². The average Bonchev–Trinajstić information content (AvgIpc) is 2.81. The Labute approximate surface area is 183 Å². The van der Waals surface area contributed by atoms with Gasteiger partial charge in [0.15, 0.2) is 11.6 Å². The average molecular weight is 410 g/mol. The van der Waals surface area contributed by atoms with Gasteiger partial charge < -0.3 is 4.90 Å². The van der Waals surface area contributed by atoms with Crippen LogP contribution in [0, 0.1) is 6.92 Å². The summed E-state index contributed by atoms with van der Waals surface area (Å²) in [6.45, 7) is 8.39. The van der Waals surface area contributed by atoms with E-state index in [2.05, 4.69) is 66.5 Å². The Kier molecular flexibility index (Phi) is 6.22. The molecule has 0 unspecified atom stereocenters. The van der Waals surface area contributed by atoms with Crippen molar-refractivity contribution in [3.63, 3.8) is 0 Å². The van der Waals surface area contributed by atoms with Gasteiger partial charge in [-0.15, -0.1) is 0 Å². The van der Waals surface area contributed by atoms with Crippen molar-refractivity contribution in [2.45, 2.75) is 20.8 Å². The molecule has 0 saturated heterocycles. The molecule has 0 aliphatic heterocycles. The van der Waals surface area contributed by atoms with Gasteiger partial charge in [0.05, 0.1) is 11.7 Å². The molecule has 0 aliphatic carbocycles. The predicted molar refractivity (Wildman–Crippen MR) is 131 cm³/mol. The molecule has 0 aliphatic rings. The molecule has 3 aromatic carbocycles. The van der Waals surface area contributed by atoms with Crippen LogP contribution < -0.4 is 10.3 Å². The summed E-state index contributed by atoms with van der Waals surface area (Å²) in [7, 11) is 0. The van der Waals surface area contributed by atoms with Crippen LogP contribution in [0.1, 0.15) is 25.0 Å².